The summed E-state index contributed by atoms with van der Waals surface area (Å²) in [6, 6.07) is -0.0801. The van der Waals surface area contributed by atoms with E-state index in [4.69, 9.17) is 0 Å². The Balaban J connectivity index is 2.13. The summed E-state index contributed by atoms with van der Waals surface area (Å²) in [4.78, 5) is 18.0. The van der Waals surface area contributed by atoms with Crippen molar-refractivity contribution in [1.82, 2.24) is 20.1 Å². The molecule has 1 atom stereocenters. The van der Waals surface area contributed by atoms with E-state index in [0.717, 1.165) is 12.8 Å². The molecule has 1 aliphatic heterocycles. The molecule has 0 aromatic carbocycles. The number of aromatic nitrogens is 3. The van der Waals surface area contributed by atoms with Gasteiger partial charge in [-0.25, -0.2) is 4.98 Å². The minimum atomic E-state index is -0.190. The van der Waals surface area contributed by atoms with Crippen LogP contribution in [-0.4, -0.2) is 50.3 Å². The van der Waals surface area contributed by atoms with Crippen molar-refractivity contribution in [2.75, 3.05) is 13.2 Å². The van der Waals surface area contributed by atoms with Crippen molar-refractivity contribution in [3.63, 3.8) is 0 Å². The van der Waals surface area contributed by atoms with Gasteiger partial charge in [-0.2, -0.15) is 0 Å². The molecule has 0 bridgehead atoms. The van der Waals surface area contributed by atoms with E-state index in [1.165, 1.54) is 0 Å². The lowest BCUT2D eigenvalue weighted by atomic mass is 10.2. The monoisotopic (exact) mass is 238 g/mol. The van der Waals surface area contributed by atoms with Crippen molar-refractivity contribution in [3.8, 4) is 0 Å². The molecule has 2 rings (SSSR count). The predicted octanol–water partition coefficient (Wildman–Crippen LogP) is 0.525. The highest BCUT2D eigenvalue weighted by atomic mass is 16.3. The van der Waals surface area contributed by atoms with Gasteiger partial charge in [-0.15, -0.1) is 5.10 Å². The van der Waals surface area contributed by atoms with Gasteiger partial charge in [0.05, 0.1) is 12.6 Å². The van der Waals surface area contributed by atoms with Crippen LogP contribution in [0.5, 0.6) is 0 Å². The van der Waals surface area contributed by atoms with Crippen molar-refractivity contribution in [2.45, 2.75) is 38.6 Å². The summed E-state index contributed by atoms with van der Waals surface area (Å²) >= 11 is 0. The smallest absolute Gasteiger partial charge is 0.293 e. The number of likely N-dealkylation sites (tertiary alicyclic amines) is 1. The Hall–Kier alpha value is -1.43. The van der Waals surface area contributed by atoms with Gasteiger partial charge >= 0.3 is 0 Å². The highest BCUT2D eigenvalue weighted by molar-refractivity contribution is 5.90. The fraction of sp³-hybridized carbons (Fsp3) is 0.727. The average Bonchev–Trinajstić information content (AvgIpc) is 2.96. The molecule has 1 unspecified atom stereocenters. The lowest BCUT2D eigenvalue weighted by molar-refractivity contribution is 0.0666. The Morgan fingerprint density at radius 2 is 2.41 bits per heavy atom. The van der Waals surface area contributed by atoms with E-state index >= 15 is 0 Å². The quantitative estimate of drug-likeness (QED) is 0.804. The fourth-order valence-electron chi connectivity index (χ4n) is 2.05. The van der Waals surface area contributed by atoms with Crippen LogP contribution in [0.3, 0.4) is 0 Å². The largest absolute Gasteiger partial charge is 0.394 e. The summed E-state index contributed by atoms with van der Waals surface area (Å²) in [5, 5.41) is 15.9. The Labute approximate surface area is 100 Å². The number of nitrogens with zero attached hydrogens (tertiary/aromatic N) is 3. The highest BCUT2D eigenvalue weighted by Gasteiger charge is 2.30. The van der Waals surface area contributed by atoms with Gasteiger partial charge in [0.25, 0.3) is 5.91 Å². The van der Waals surface area contributed by atoms with Gasteiger partial charge in [0.1, 0.15) is 5.82 Å². The summed E-state index contributed by atoms with van der Waals surface area (Å²) in [6.07, 6.45) is 1.78. The molecule has 1 aromatic rings. The van der Waals surface area contributed by atoms with Crippen molar-refractivity contribution in [2.24, 2.45) is 0 Å². The lowest BCUT2D eigenvalue weighted by Crippen LogP contribution is -2.38. The van der Waals surface area contributed by atoms with Gasteiger partial charge in [-0.3, -0.25) is 9.89 Å². The van der Waals surface area contributed by atoms with E-state index in [2.05, 4.69) is 15.2 Å². The van der Waals surface area contributed by atoms with Crippen LogP contribution in [0.25, 0.3) is 0 Å². The van der Waals surface area contributed by atoms with Crippen LogP contribution in [0.15, 0.2) is 0 Å². The van der Waals surface area contributed by atoms with Crippen molar-refractivity contribution >= 4 is 5.91 Å². The summed E-state index contributed by atoms with van der Waals surface area (Å²) < 4.78 is 0. The number of H-pyrrole nitrogens is 1. The third-order valence-corrected chi connectivity index (χ3v) is 3.09. The van der Waals surface area contributed by atoms with Crippen molar-refractivity contribution in [3.05, 3.63) is 11.6 Å². The van der Waals surface area contributed by atoms with Gasteiger partial charge in [-0.05, 0) is 12.8 Å². The number of nitrogens with one attached hydrogen (secondary N) is 1. The van der Waals surface area contributed by atoms with Crippen molar-refractivity contribution in [1.29, 1.82) is 0 Å². The molecule has 6 heteroatoms. The van der Waals surface area contributed by atoms with Crippen LogP contribution in [-0.2, 0) is 0 Å². The molecule has 0 radical (unpaired) electrons. The predicted molar refractivity (Wildman–Crippen MR) is 61.6 cm³/mol. The summed E-state index contributed by atoms with van der Waals surface area (Å²) in [7, 11) is 0. The molecular formula is C11H18N4O2. The first-order valence-corrected chi connectivity index (χ1v) is 5.97. The first-order chi connectivity index (χ1) is 8.13. The van der Waals surface area contributed by atoms with E-state index in [1.54, 1.807) is 4.90 Å². The minimum absolute atomic E-state index is 0.00714. The number of aliphatic hydroxyl groups is 1. The van der Waals surface area contributed by atoms with Crippen LogP contribution >= 0.6 is 0 Å². The zero-order chi connectivity index (χ0) is 12.4. The third-order valence-electron chi connectivity index (χ3n) is 3.09. The maximum Gasteiger partial charge on any atom is 0.293 e. The molecule has 1 amide bonds. The molecule has 1 saturated heterocycles. The first kappa shape index (κ1) is 12.0. The zero-order valence-electron chi connectivity index (χ0n) is 10.2. The van der Waals surface area contributed by atoms with Crippen molar-refractivity contribution < 1.29 is 9.90 Å². The van der Waals surface area contributed by atoms with E-state index in [1.807, 2.05) is 13.8 Å². The van der Waals surface area contributed by atoms with Gasteiger partial charge in [0.15, 0.2) is 0 Å². The summed E-state index contributed by atoms with van der Waals surface area (Å²) in [5.74, 6) is 0.947. The molecule has 17 heavy (non-hydrogen) atoms. The number of carbonyl (C=O) groups excluding carboxylic acids is 1. The van der Waals surface area contributed by atoms with Gasteiger partial charge < -0.3 is 10.0 Å². The topological polar surface area (TPSA) is 82.1 Å². The normalized spacial score (nSPS) is 20.2. The van der Waals surface area contributed by atoms with Crippen LogP contribution in [0, 0.1) is 0 Å². The average molecular weight is 238 g/mol. The maximum absolute atomic E-state index is 12.1. The standard InChI is InChI=1S/C11H18N4O2/c1-7(2)9-12-10(14-13-9)11(17)15-5-3-4-8(15)6-16/h7-8,16H,3-6H2,1-2H3,(H,12,13,14). The fourth-order valence-corrected chi connectivity index (χ4v) is 2.05. The molecular weight excluding hydrogens is 220 g/mol. The molecule has 1 aliphatic rings. The number of hydrogen-bond donors (Lipinski definition) is 2. The second-order valence-corrected chi connectivity index (χ2v) is 4.68. The van der Waals surface area contributed by atoms with Gasteiger partial charge in [-0.1, -0.05) is 13.8 Å². The van der Waals surface area contributed by atoms with E-state index < -0.39 is 0 Å². The molecule has 6 nitrogen and oxygen atoms in total. The minimum Gasteiger partial charge on any atom is -0.394 e. The number of amides is 1. The molecule has 1 fully saturated rings. The van der Waals surface area contributed by atoms with Crippen LogP contribution < -0.4 is 0 Å². The van der Waals surface area contributed by atoms with Crippen LogP contribution in [0.1, 0.15) is 49.1 Å². The number of carbonyl (C=O) groups is 1. The highest BCUT2D eigenvalue weighted by Crippen LogP contribution is 2.19. The molecule has 0 saturated carbocycles. The van der Waals surface area contributed by atoms with E-state index in [-0.39, 0.29) is 30.3 Å². The molecule has 0 aliphatic carbocycles. The van der Waals surface area contributed by atoms with E-state index in [0.29, 0.717) is 12.4 Å². The molecule has 1 aromatic heterocycles. The second kappa shape index (κ2) is 4.83. The molecule has 94 valence electrons. The number of rotatable bonds is 3. The Morgan fingerprint density at radius 3 is 3.00 bits per heavy atom. The molecule has 2 N–H and O–H groups in total. The second-order valence-electron chi connectivity index (χ2n) is 4.68. The molecule has 2 heterocycles. The number of hydrogen-bond acceptors (Lipinski definition) is 4. The maximum atomic E-state index is 12.1. The van der Waals surface area contributed by atoms with E-state index in [9.17, 15) is 9.90 Å². The Morgan fingerprint density at radius 1 is 1.65 bits per heavy atom. The number of aliphatic hydroxyl groups excluding tert-OH is 1. The summed E-state index contributed by atoms with van der Waals surface area (Å²) in [5.41, 5.74) is 0. The molecule has 0 spiro atoms. The lowest BCUT2D eigenvalue weighted by Gasteiger charge is -2.21. The Kier molecular flexibility index (Phi) is 3.42. The Bertz CT molecular complexity index is 402. The number of aromatic amines is 1. The van der Waals surface area contributed by atoms with Crippen LogP contribution in [0.2, 0.25) is 0 Å². The SMILES string of the molecule is CC(C)c1nc(C(=O)N2CCCC2CO)n[nH]1. The zero-order valence-corrected chi connectivity index (χ0v) is 10.2. The summed E-state index contributed by atoms with van der Waals surface area (Å²) in [6.45, 7) is 4.66. The van der Waals surface area contributed by atoms with Gasteiger partial charge in [0.2, 0.25) is 5.82 Å². The van der Waals surface area contributed by atoms with Crippen LogP contribution in [0.4, 0.5) is 0 Å². The van der Waals surface area contributed by atoms with Gasteiger partial charge in [0, 0.05) is 12.5 Å². The third kappa shape index (κ3) is 2.31. The first-order valence-electron chi connectivity index (χ1n) is 5.97.